The molecule has 4 aliphatic rings. The normalized spacial score (nSPS) is 26.6. The predicted octanol–water partition coefficient (Wildman–Crippen LogP) is 8.92. The average molecular weight is 985 g/mol. The second kappa shape index (κ2) is 16.8. The van der Waals surface area contributed by atoms with Crippen LogP contribution in [-0.2, 0) is 18.9 Å². The van der Waals surface area contributed by atoms with Gasteiger partial charge in [0.15, 0.2) is 0 Å². The van der Waals surface area contributed by atoms with E-state index in [1.54, 1.807) is 0 Å². The predicted molar refractivity (Wildman–Crippen MR) is 240 cm³/mol. The quantitative estimate of drug-likeness (QED) is 0.0973. The van der Waals surface area contributed by atoms with E-state index in [-0.39, 0.29) is 71.9 Å². The van der Waals surface area contributed by atoms with E-state index < -0.39 is 81.5 Å². The molecule has 1 aromatic rings. The van der Waals surface area contributed by atoms with E-state index >= 15 is 0 Å². The number of hydrogen-bond acceptors (Lipinski definition) is 15. The van der Waals surface area contributed by atoms with Crippen molar-refractivity contribution >= 4 is 46.7 Å². The first kappa shape index (κ1) is 50.5. The van der Waals surface area contributed by atoms with Gasteiger partial charge < -0.3 is 34.6 Å². The highest BCUT2D eigenvalue weighted by Gasteiger charge is 2.51. The average Bonchev–Trinajstić information content (AvgIpc) is 3.09. The Morgan fingerprint density at radius 2 is 0.565 bits per heavy atom. The van der Waals surface area contributed by atoms with Crippen molar-refractivity contribution in [2.75, 3.05) is 0 Å². The maximum atomic E-state index is 14.6. The zero-order chi connectivity index (χ0) is 47.1. The Hall–Kier alpha value is -2.45. The molecule has 0 bridgehead atoms. The van der Waals surface area contributed by atoms with Gasteiger partial charge in [-0.2, -0.15) is 15.2 Å². The first-order chi connectivity index (χ1) is 27.9. The van der Waals surface area contributed by atoms with E-state index in [1.165, 1.54) is 27.3 Å². The Morgan fingerprint density at radius 3 is 0.742 bits per heavy atom. The van der Waals surface area contributed by atoms with E-state index in [9.17, 15) is 34.8 Å². The maximum absolute atomic E-state index is 14.6. The van der Waals surface area contributed by atoms with Gasteiger partial charge in [0.05, 0.1) is 22.3 Å². The lowest BCUT2D eigenvalue weighted by Crippen LogP contribution is -2.60. The van der Waals surface area contributed by atoms with Crippen LogP contribution < -0.4 is 0 Å². The summed E-state index contributed by atoms with van der Waals surface area (Å²) in [6, 6.07) is 2.37. The molecule has 16 heteroatoms. The summed E-state index contributed by atoms with van der Waals surface area (Å²) < 4.78 is 26.9. The van der Waals surface area contributed by atoms with Crippen LogP contribution in [0.25, 0.3) is 0 Å². The van der Waals surface area contributed by atoms with Crippen LogP contribution in [0.15, 0.2) is 12.1 Å². The summed E-state index contributed by atoms with van der Waals surface area (Å²) in [5, 5.41) is 36.7. The van der Waals surface area contributed by atoms with Gasteiger partial charge in [-0.3, -0.25) is 0 Å². The molecule has 4 fully saturated rings. The summed E-state index contributed by atoms with van der Waals surface area (Å²) in [4.78, 5) is 58.3. The Kier molecular flexibility index (Phi) is 13.7. The third-order valence-electron chi connectivity index (χ3n) is 13.5. The van der Waals surface area contributed by atoms with Crippen molar-refractivity contribution < 1.29 is 53.7 Å². The SMILES string of the molecule is CC1(C)CC(OC(=O)c2cc(C(=O)OC3CC(C)(C)N(O)C(C)(C)C3)c(C(=O)OC3CC(C)(C)N(I)C(C)(C)C3)cc2C(=O)OC2CC(C)(C)N(O)C(C)(C)C2)CC(C)(C)N1O. The third kappa shape index (κ3) is 10.3. The Morgan fingerprint density at radius 1 is 0.403 bits per heavy atom. The lowest BCUT2D eigenvalue weighted by molar-refractivity contribution is -0.257. The molecule has 350 valence electrons. The first-order valence-electron chi connectivity index (χ1n) is 21.9. The van der Waals surface area contributed by atoms with E-state index in [1.807, 2.05) is 83.1 Å². The molecule has 1 aromatic carbocycles. The molecule has 0 radical (unpaired) electrons. The summed E-state index contributed by atoms with van der Waals surface area (Å²) in [6.45, 7) is 30.3. The van der Waals surface area contributed by atoms with Gasteiger partial charge in [0.25, 0.3) is 0 Å². The van der Waals surface area contributed by atoms with Crippen LogP contribution in [0.1, 0.15) is 204 Å². The number of ether oxygens (including phenoxy) is 4. The molecule has 15 nitrogen and oxygen atoms in total. The highest BCUT2D eigenvalue weighted by Crippen LogP contribution is 2.44. The van der Waals surface area contributed by atoms with Crippen molar-refractivity contribution in [3.63, 3.8) is 0 Å². The van der Waals surface area contributed by atoms with Gasteiger partial charge in [0.2, 0.25) is 0 Å². The fourth-order valence-electron chi connectivity index (χ4n) is 11.2. The molecule has 4 saturated heterocycles. The molecular formula is C46H73IN4O11. The van der Waals surface area contributed by atoms with Crippen LogP contribution >= 0.6 is 22.9 Å². The van der Waals surface area contributed by atoms with Gasteiger partial charge >= 0.3 is 23.9 Å². The zero-order valence-corrected chi connectivity index (χ0v) is 42.1. The number of carbonyl (C=O) groups is 4. The molecular weight excluding hydrogens is 911 g/mol. The highest BCUT2D eigenvalue weighted by atomic mass is 127. The standard InChI is InChI=1S/C46H73IN4O11/c1-39(2)19-27(20-40(3,4)48(39)47)59-35(52)31-17-33(37(54)61-29-23-43(9,10)50(57)44(11,12)24-29)34(38(55)62-30-25-45(13,14)51(58)46(15,16)26-30)18-32(31)36(53)60-28-21-41(5,6)49(56)42(7,8)22-28/h17-18,27-30,56-58H,19-26H2,1-16H3. The molecule has 3 N–H and O–H groups in total. The number of rotatable bonds is 8. The molecule has 4 heterocycles. The number of halogens is 1. The van der Waals surface area contributed by atoms with E-state index in [0.717, 1.165) is 0 Å². The first-order valence-corrected chi connectivity index (χ1v) is 22.8. The van der Waals surface area contributed by atoms with Crippen molar-refractivity contribution in [3.05, 3.63) is 34.4 Å². The van der Waals surface area contributed by atoms with Gasteiger partial charge in [-0.15, -0.1) is 0 Å². The smallest absolute Gasteiger partial charge is 0.339 e. The minimum Gasteiger partial charge on any atom is -0.459 e. The number of hydroxylamine groups is 6. The number of piperidine rings is 4. The monoisotopic (exact) mass is 984 g/mol. The van der Waals surface area contributed by atoms with Crippen molar-refractivity contribution in [3.8, 4) is 0 Å². The van der Waals surface area contributed by atoms with Crippen LogP contribution in [0.3, 0.4) is 0 Å². The number of nitrogens with zero attached hydrogens (tertiary/aromatic N) is 4. The van der Waals surface area contributed by atoms with Crippen molar-refractivity contribution in [2.45, 2.75) is 231 Å². The summed E-state index contributed by atoms with van der Waals surface area (Å²) in [6.07, 6.45) is -0.0618. The summed E-state index contributed by atoms with van der Waals surface area (Å²) >= 11 is 2.30. The maximum Gasteiger partial charge on any atom is 0.339 e. The molecule has 0 saturated carbocycles. The van der Waals surface area contributed by atoms with Gasteiger partial charge in [-0.05, 0) is 123 Å². The minimum absolute atomic E-state index is 0.263. The van der Waals surface area contributed by atoms with Crippen LogP contribution in [0.5, 0.6) is 0 Å². The molecule has 0 spiro atoms. The van der Waals surface area contributed by atoms with Crippen molar-refractivity contribution in [1.29, 1.82) is 0 Å². The topological polar surface area (TPSA) is 179 Å². The van der Waals surface area contributed by atoms with Gasteiger partial charge in [-0.25, -0.2) is 22.3 Å². The number of esters is 4. The summed E-state index contributed by atoms with van der Waals surface area (Å²) in [5.74, 6) is -3.62. The number of hydrogen-bond donors (Lipinski definition) is 3. The van der Waals surface area contributed by atoms with Gasteiger partial charge in [0.1, 0.15) is 24.4 Å². The third-order valence-corrected chi connectivity index (χ3v) is 16.1. The molecule has 0 amide bonds. The van der Waals surface area contributed by atoms with E-state index in [2.05, 4.69) is 53.7 Å². The van der Waals surface area contributed by atoms with Crippen LogP contribution in [0, 0.1) is 0 Å². The second-order valence-corrected chi connectivity index (χ2v) is 24.4. The van der Waals surface area contributed by atoms with Gasteiger partial charge in [0, 0.05) is 119 Å². The number of benzene rings is 1. The van der Waals surface area contributed by atoms with Crippen LogP contribution in [0.4, 0.5) is 0 Å². The van der Waals surface area contributed by atoms with E-state index in [0.29, 0.717) is 12.8 Å². The fourth-order valence-corrected chi connectivity index (χ4v) is 11.6. The van der Waals surface area contributed by atoms with Crippen LogP contribution in [0.2, 0.25) is 0 Å². The second-order valence-electron chi connectivity index (χ2n) is 23.4. The molecule has 0 atom stereocenters. The Labute approximate surface area is 382 Å². The van der Waals surface area contributed by atoms with Crippen molar-refractivity contribution in [2.24, 2.45) is 0 Å². The fraction of sp³-hybridized carbons (Fsp3) is 0.783. The lowest BCUT2D eigenvalue weighted by atomic mass is 9.80. The molecule has 0 aliphatic carbocycles. The highest BCUT2D eigenvalue weighted by molar-refractivity contribution is 14.1. The van der Waals surface area contributed by atoms with Crippen molar-refractivity contribution in [1.82, 2.24) is 18.3 Å². The Bertz CT molecular complexity index is 1590. The number of carbonyl (C=O) groups excluding carboxylic acids is 4. The lowest BCUT2D eigenvalue weighted by Gasteiger charge is -2.51. The minimum atomic E-state index is -0.923. The van der Waals surface area contributed by atoms with E-state index in [4.69, 9.17) is 18.9 Å². The molecule has 0 aromatic heterocycles. The largest absolute Gasteiger partial charge is 0.459 e. The zero-order valence-electron chi connectivity index (χ0n) is 39.9. The molecule has 0 unspecified atom stereocenters. The summed E-state index contributed by atoms with van der Waals surface area (Å²) in [7, 11) is 0. The Balaban J connectivity index is 1.63. The summed E-state index contributed by atoms with van der Waals surface area (Å²) in [5.41, 5.74) is -6.53. The molecule has 4 aliphatic heterocycles. The molecule has 62 heavy (non-hydrogen) atoms. The molecule has 5 rings (SSSR count). The van der Waals surface area contributed by atoms with Crippen LogP contribution in [-0.4, -0.2) is 127 Å². The van der Waals surface area contributed by atoms with Gasteiger partial charge in [-0.1, -0.05) is 0 Å².